The number of amidine groups is 1. The van der Waals surface area contributed by atoms with Crippen molar-refractivity contribution in [2.45, 2.75) is 18.6 Å². The van der Waals surface area contributed by atoms with Crippen LogP contribution in [0.3, 0.4) is 0 Å². The first-order valence-corrected chi connectivity index (χ1v) is 9.75. The van der Waals surface area contributed by atoms with Gasteiger partial charge in [-0.3, -0.25) is 14.6 Å². The molecular weight excluding hydrogens is 368 g/mol. The van der Waals surface area contributed by atoms with Gasteiger partial charge in [0.25, 0.3) is 5.91 Å². The summed E-state index contributed by atoms with van der Waals surface area (Å²) in [5.74, 6) is -0.515. The number of carbonyl (C=O) groups excluding carboxylic acids is 2. The van der Waals surface area contributed by atoms with E-state index in [1.807, 2.05) is 6.92 Å². The van der Waals surface area contributed by atoms with Crippen molar-refractivity contribution >= 4 is 34.4 Å². The molecule has 0 aliphatic carbocycles. The molecule has 8 nitrogen and oxygen atoms in total. The minimum absolute atomic E-state index is 0.187. The molecule has 1 aromatic carbocycles. The van der Waals surface area contributed by atoms with Crippen LogP contribution in [0.25, 0.3) is 0 Å². The SMILES string of the molecule is CC1CN=C(NC(=O)c2ccccc2NC(=O)CCOCCOCCN)S1. The molecule has 1 heterocycles. The van der Waals surface area contributed by atoms with E-state index in [1.54, 1.807) is 24.3 Å². The summed E-state index contributed by atoms with van der Waals surface area (Å²) < 4.78 is 10.5. The molecule has 2 rings (SSSR count). The number of nitrogens with two attached hydrogens (primary N) is 1. The Morgan fingerprint density at radius 3 is 2.63 bits per heavy atom. The summed E-state index contributed by atoms with van der Waals surface area (Å²) >= 11 is 1.53. The summed E-state index contributed by atoms with van der Waals surface area (Å²) in [5, 5.41) is 6.52. The number of aliphatic imine (C=N–C) groups is 1. The number of thioether (sulfide) groups is 1. The maximum Gasteiger partial charge on any atom is 0.259 e. The van der Waals surface area contributed by atoms with E-state index in [1.165, 1.54) is 11.8 Å². The van der Waals surface area contributed by atoms with Gasteiger partial charge in [0.05, 0.1) is 50.6 Å². The molecule has 0 bridgehead atoms. The van der Waals surface area contributed by atoms with E-state index < -0.39 is 0 Å². The number of ether oxygens (including phenoxy) is 2. The van der Waals surface area contributed by atoms with Gasteiger partial charge in [-0.1, -0.05) is 30.8 Å². The van der Waals surface area contributed by atoms with Crippen molar-refractivity contribution in [1.29, 1.82) is 0 Å². The second-order valence-electron chi connectivity index (χ2n) is 5.89. The van der Waals surface area contributed by atoms with Crippen LogP contribution in [-0.4, -0.2) is 61.7 Å². The van der Waals surface area contributed by atoms with Crippen molar-refractivity contribution in [3.8, 4) is 0 Å². The van der Waals surface area contributed by atoms with Crippen molar-refractivity contribution in [3.05, 3.63) is 29.8 Å². The van der Waals surface area contributed by atoms with Crippen LogP contribution in [0, 0.1) is 0 Å². The largest absolute Gasteiger partial charge is 0.379 e. The lowest BCUT2D eigenvalue weighted by Gasteiger charge is -2.11. The van der Waals surface area contributed by atoms with Gasteiger partial charge < -0.3 is 25.8 Å². The first-order valence-electron chi connectivity index (χ1n) is 8.87. The van der Waals surface area contributed by atoms with E-state index >= 15 is 0 Å². The summed E-state index contributed by atoms with van der Waals surface area (Å²) in [4.78, 5) is 28.9. The van der Waals surface area contributed by atoms with Gasteiger partial charge in [-0.15, -0.1) is 0 Å². The van der Waals surface area contributed by atoms with Gasteiger partial charge in [-0.2, -0.15) is 0 Å². The van der Waals surface area contributed by atoms with Crippen molar-refractivity contribution < 1.29 is 19.1 Å². The molecule has 0 aromatic heterocycles. The smallest absolute Gasteiger partial charge is 0.259 e. The van der Waals surface area contributed by atoms with Gasteiger partial charge in [0.2, 0.25) is 5.91 Å². The molecule has 148 valence electrons. The summed E-state index contributed by atoms with van der Waals surface area (Å²) in [5.41, 5.74) is 6.17. The second kappa shape index (κ2) is 11.7. The highest BCUT2D eigenvalue weighted by Gasteiger charge is 2.19. The van der Waals surface area contributed by atoms with Crippen molar-refractivity contribution in [2.24, 2.45) is 10.7 Å². The average Bonchev–Trinajstić information content (AvgIpc) is 3.06. The van der Waals surface area contributed by atoms with Crippen LogP contribution < -0.4 is 16.4 Å². The molecule has 0 spiro atoms. The highest BCUT2D eigenvalue weighted by Crippen LogP contribution is 2.20. The van der Waals surface area contributed by atoms with E-state index in [4.69, 9.17) is 15.2 Å². The first-order chi connectivity index (χ1) is 13.1. The number of anilines is 1. The highest BCUT2D eigenvalue weighted by atomic mass is 32.2. The molecule has 0 fully saturated rings. The summed E-state index contributed by atoms with van der Waals surface area (Å²) in [6.45, 7) is 4.83. The topological polar surface area (TPSA) is 115 Å². The summed E-state index contributed by atoms with van der Waals surface area (Å²) in [6.07, 6.45) is 0.187. The van der Waals surface area contributed by atoms with Crippen LogP contribution >= 0.6 is 11.8 Å². The van der Waals surface area contributed by atoms with E-state index in [2.05, 4.69) is 15.6 Å². The fourth-order valence-corrected chi connectivity index (χ4v) is 3.11. The Hall–Kier alpha value is -1.94. The van der Waals surface area contributed by atoms with Crippen molar-refractivity contribution in [2.75, 3.05) is 44.8 Å². The second-order valence-corrected chi connectivity index (χ2v) is 7.31. The van der Waals surface area contributed by atoms with E-state index in [0.29, 0.717) is 54.6 Å². The summed E-state index contributed by atoms with van der Waals surface area (Å²) in [6, 6.07) is 6.88. The fraction of sp³-hybridized carbons (Fsp3) is 0.500. The van der Waals surface area contributed by atoms with Gasteiger partial charge in [0, 0.05) is 11.8 Å². The van der Waals surface area contributed by atoms with Crippen LogP contribution in [0.5, 0.6) is 0 Å². The van der Waals surface area contributed by atoms with Crippen molar-refractivity contribution in [1.82, 2.24) is 5.32 Å². The van der Waals surface area contributed by atoms with Crippen molar-refractivity contribution in [3.63, 3.8) is 0 Å². The molecule has 9 heteroatoms. The lowest BCUT2D eigenvalue weighted by Crippen LogP contribution is -2.29. The number of nitrogens with one attached hydrogen (secondary N) is 2. The Kier molecular flexibility index (Phi) is 9.26. The van der Waals surface area contributed by atoms with Gasteiger partial charge in [0.1, 0.15) is 0 Å². The third-order valence-electron chi connectivity index (χ3n) is 3.58. The zero-order valence-electron chi connectivity index (χ0n) is 15.4. The molecule has 2 amide bonds. The standard InChI is InChI=1S/C18H26N4O4S/c1-13-12-20-18(27-13)22-17(24)14-4-2-3-5-15(14)21-16(23)6-8-25-10-11-26-9-7-19/h2-5,13H,6-12,19H2,1H3,(H,21,23)(H,20,22,24). The Morgan fingerprint density at radius 1 is 1.19 bits per heavy atom. The Morgan fingerprint density at radius 2 is 1.93 bits per heavy atom. The third-order valence-corrected chi connectivity index (χ3v) is 4.58. The minimum Gasteiger partial charge on any atom is -0.379 e. The third kappa shape index (κ3) is 7.67. The lowest BCUT2D eigenvalue weighted by molar-refractivity contribution is -0.117. The van der Waals surface area contributed by atoms with Crippen LogP contribution in [-0.2, 0) is 14.3 Å². The molecule has 0 saturated carbocycles. The average molecular weight is 394 g/mol. The van der Waals surface area contributed by atoms with Crippen LogP contribution in [0.4, 0.5) is 5.69 Å². The number of para-hydroxylation sites is 1. The molecule has 1 atom stereocenters. The Balaban J connectivity index is 1.79. The molecule has 0 saturated heterocycles. The number of hydrogen-bond acceptors (Lipinski definition) is 7. The molecule has 1 aliphatic heterocycles. The number of hydrogen-bond donors (Lipinski definition) is 3. The quantitative estimate of drug-likeness (QED) is 0.514. The number of carbonyl (C=O) groups is 2. The number of amides is 2. The lowest BCUT2D eigenvalue weighted by atomic mass is 10.1. The molecule has 27 heavy (non-hydrogen) atoms. The van der Waals surface area contributed by atoms with Gasteiger partial charge in [-0.05, 0) is 12.1 Å². The molecule has 0 radical (unpaired) electrons. The van der Waals surface area contributed by atoms with Crippen LogP contribution in [0.1, 0.15) is 23.7 Å². The first kappa shape index (κ1) is 21.4. The number of benzene rings is 1. The molecular formula is C18H26N4O4S. The number of rotatable bonds is 10. The van der Waals surface area contributed by atoms with Gasteiger partial charge in [-0.25, -0.2) is 0 Å². The van der Waals surface area contributed by atoms with E-state index in [9.17, 15) is 9.59 Å². The van der Waals surface area contributed by atoms with Gasteiger partial charge in [0.15, 0.2) is 5.17 Å². The Bertz CT molecular complexity index is 669. The van der Waals surface area contributed by atoms with Gasteiger partial charge >= 0.3 is 0 Å². The van der Waals surface area contributed by atoms with E-state index in [0.717, 1.165) is 0 Å². The summed E-state index contributed by atoms with van der Waals surface area (Å²) in [7, 11) is 0. The predicted octanol–water partition coefficient (Wildman–Crippen LogP) is 1.23. The fourth-order valence-electron chi connectivity index (χ4n) is 2.28. The monoisotopic (exact) mass is 394 g/mol. The van der Waals surface area contributed by atoms with Crippen LogP contribution in [0.15, 0.2) is 29.3 Å². The zero-order chi connectivity index (χ0) is 19.5. The highest BCUT2D eigenvalue weighted by molar-refractivity contribution is 8.14. The van der Waals surface area contributed by atoms with Crippen LogP contribution in [0.2, 0.25) is 0 Å². The normalized spacial score (nSPS) is 16.1. The van der Waals surface area contributed by atoms with E-state index in [-0.39, 0.29) is 24.8 Å². The molecule has 1 aliphatic rings. The molecule has 4 N–H and O–H groups in total. The molecule has 1 aromatic rings. The maximum atomic E-state index is 12.5. The zero-order valence-corrected chi connectivity index (χ0v) is 16.2. The Labute approximate surface area is 163 Å². The maximum absolute atomic E-state index is 12.5. The minimum atomic E-state index is -0.292. The molecule has 1 unspecified atom stereocenters. The predicted molar refractivity (Wildman–Crippen MR) is 107 cm³/mol. The number of nitrogens with zero attached hydrogens (tertiary/aromatic N) is 1.